The molecule has 0 bridgehead atoms. The fourth-order valence-corrected chi connectivity index (χ4v) is 2.18. The molecule has 1 aromatic rings. The van der Waals surface area contributed by atoms with E-state index in [0.717, 1.165) is 25.8 Å². The highest BCUT2D eigenvalue weighted by atomic mass is 16.2. The molecule has 2 rings (SSSR count). The number of nitrogens with one attached hydrogen (secondary N) is 3. The van der Waals surface area contributed by atoms with E-state index in [-0.39, 0.29) is 17.9 Å². The first-order chi connectivity index (χ1) is 9.15. The van der Waals surface area contributed by atoms with E-state index in [2.05, 4.69) is 16.0 Å². The molecule has 19 heavy (non-hydrogen) atoms. The molecule has 0 unspecified atom stereocenters. The molecule has 1 aliphatic heterocycles. The molecule has 1 heterocycles. The summed E-state index contributed by atoms with van der Waals surface area (Å²) in [6.45, 7) is 2.35. The monoisotopic (exact) mass is 261 g/mol. The van der Waals surface area contributed by atoms with Crippen LogP contribution in [0.5, 0.6) is 0 Å². The minimum atomic E-state index is -0.127. The summed E-state index contributed by atoms with van der Waals surface area (Å²) in [4.78, 5) is 23.0. The van der Waals surface area contributed by atoms with Gasteiger partial charge in [0, 0.05) is 18.3 Å². The highest BCUT2D eigenvalue weighted by Crippen LogP contribution is 2.16. The Morgan fingerprint density at radius 1 is 1.21 bits per heavy atom. The van der Waals surface area contributed by atoms with Crippen molar-refractivity contribution in [3.05, 3.63) is 24.3 Å². The maximum atomic E-state index is 12.0. The molecule has 1 fully saturated rings. The van der Waals surface area contributed by atoms with E-state index >= 15 is 0 Å². The van der Waals surface area contributed by atoms with Crippen LogP contribution in [0.1, 0.15) is 26.2 Å². The van der Waals surface area contributed by atoms with Gasteiger partial charge in [0.1, 0.15) is 0 Å². The quantitative estimate of drug-likeness (QED) is 0.776. The molecule has 0 spiro atoms. The second kappa shape index (κ2) is 6.33. The van der Waals surface area contributed by atoms with Gasteiger partial charge < -0.3 is 16.0 Å². The van der Waals surface area contributed by atoms with Crippen LogP contribution in [0.15, 0.2) is 24.3 Å². The van der Waals surface area contributed by atoms with E-state index in [1.807, 2.05) is 6.07 Å². The summed E-state index contributed by atoms with van der Waals surface area (Å²) >= 11 is 0. The van der Waals surface area contributed by atoms with Crippen molar-refractivity contribution in [1.82, 2.24) is 5.32 Å². The lowest BCUT2D eigenvalue weighted by Gasteiger charge is -2.22. The zero-order valence-electron chi connectivity index (χ0n) is 11.0. The van der Waals surface area contributed by atoms with Gasteiger partial charge in [0.25, 0.3) is 0 Å². The number of amides is 2. The van der Waals surface area contributed by atoms with Crippen LogP contribution >= 0.6 is 0 Å². The van der Waals surface area contributed by atoms with Crippen LogP contribution in [0.3, 0.4) is 0 Å². The maximum Gasteiger partial charge on any atom is 0.241 e. The molecule has 1 atom stereocenters. The molecule has 1 aliphatic rings. The fourth-order valence-electron chi connectivity index (χ4n) is 2.18. The first kappa shape index (κ1) is 13.5. The van der Waals surface area contributed by atoms with Crippen molar-refractivity contribution in [3.8, 4) is 0 Å². The smallest absolute Gasteiger partial charge is 0.241 e. The molecule has 0 radical (unpaired) electrons. The summed E-state index contributed by atoms with van der Waals surface area (Å²) in [5.74, 6) is -0.142. The number of carbonyl (C=O) groups excluding carboxylic acids is 2. The van der Waals surface area contributed by atoms with Gasteiger partial charge in [-0.25, -0.2) is 0 Å². The van der Waals surface area contributed by atoms with E-state index in [1.54, 1.807) is 18.2 Å². The van der Waals surface area contributed by atoms with Crippen molar-refractivity contribution in [2.24, 2.45) is 0 Å². The molecule has 2 amide bonds. The van der Waals surface area contributed by atoms with Gasteiger partial charge in [0.05, 0.1) is 6.04 Å². The molecular formula is C14H19N3O2. The third-order valence-electron chi connectivity index (χ3n) is 3.08. The number of benzene rings is 1. The summed E-state index contributed by atoms with van der Waals surface area (Å²) in [6, 6.07) is 7.04. The normalized spacial score (nSPS) is 18.7. The first-order valence-corrected chi connectivity index (χ1v) is 6.57. The van der Waals surface area contributed by atoms with Crippen LogP contribution in [-0.4, -0.2) is 24.4 Å². The Labute approximate surface area is 112 Å². The zero-order valence-corrected chi connectivity index (χ0v) is 11.0. The molecular weight excluding hydrogens is 242 g/mol. The third-order valence-corrected chi connectivity index (χ3v) is 3.08. The second-order valence-electron chi connectivity index (χ2n) is 4.75. The minimum absolute atomic E-state index is 0.0142. The van der Waals surface area contributed by atoms with Crippen LogP contribution in [0.25, 0.3) is 0 Å². The van der Waals surface area contributed by atoms with Gasteiger partial charge in [0.15, 0.2) is 0 Å². The number of hydrogen-bond acceptors (Lipinski definition) is 3. The van der Waals surface area contributed by atoms with E-state index in [9.17, 15) is 9.59 Å². The van der Waals surface area contributed by atoms with Crippen molar-refractivity contribution in [3.63, 3.8) is 0 Å². The number of piperidine rings is 1. The second-order valence-corrected chi connectivity index (χ2v) is 4.75. The standard InChI is InChI=1S/C14H19N3O2/c1-10(18)16-11-5-4-6-12(9-11)17-14(19)13-7-2-3-8-15-13/h4-6,9,13,15H,2-3,7-8H2,1H3,(H,16,18)(H,17,19)/t13-/m1/s1. The number of rotatable bonds is 3. The molecule has 5 heteroatoms. The highest BCUT2D eigenvalue weighted by Gasteiger charge is 2.20. The topological polar surface area (TPSA) is 70.2 Å². The molecule has 102 valence electrons. The van der Waals surface area contributed by atoms with Gasteiger partial charge >= 0.3 is 0 Å². The van der Waals surface area contributed by atoms with E-state index in [1.165, 1.54) is 6.92 Å². The van der Waals surface area contributed by atoms with Gasteiger partial charge in [-0.3, -0.25) is 9.59 Å². The van der Waals surface area contributed by atoms with Gasteiger partial charge in [-0.05, 0) is 37.6 Å². The molecule has 1 saturated heterocycles. The molecule has 0 saturated carbocycles. The summed E-state index contributed by atoms with van der Waals surface area (Å²) < 4.78 is 0. The lowest BCUT2D eigenvalue weighted by atomic mass is 10.0. The Morgan fingerprint density at radius 3 is 2.58 bits per heavy atom. The summed E-state index contributed by atoms with van der Waals surface area (Å²) in [5, 5.41) is 8.77. The van der Waals surface area contributed by atoms with Crippen LogP contribution in [0, 0.1) is 0 Å². The zero-order chi connectivity index (χ0) is 13.7. The number of anilines is 2. The van der Waals surface area contributed by atoms with Crippen molar-refractivity contribution < 1.29 is 9.59 Å². The summed E-state index contributed by atoms with van der Waals surface area (Å²) in [7, 11) is 0. The predicted octanol–water partition coefficient (Wildman–Crippen LogP) is 1.73. The van der Waals surface area contributed by atoms with Gasteiger partial charge in [-0.15, -0.1) is 0 Å². The van der Waals surface area contributed by atoms with E-state index in [4.69, 9.17) is 0 Å². The van der Waals surface area contributed by atoms with Crippen LogP contribution in [0.2, 0.25) is 0 Å². The van der Waals surface area contributed by atoms with Crippen LogP contribution in [-0.2, 0) is 9.59 Å². The lowest BCUT2D eigenvalue weighted by Crippen LogP contribution is -2.43. The third kappa shape index (κ3) is 4.06. The fraction of sp³-hybridized carbons (Fsp3) is 0.429. The SMILES string of the molecule is CC(=O)Nc1cccc(NC(=O)[C@H]2CCCCN2)c1. The maximum absolute atomic E-state index is 12.0. The first-order valence-electron chi connectivity index (χ1n) is 6.57. The van der Waals surface area contributed by atoms with E-state index in [0.29, 0.717) is 11.4 Å². The largest absolute Gasteiger partial charge is 0.326 e. The summed E-state index contributed by atoms with van der Waals surface area (Å²) in [6.07, 6.45) is 3.08. The minimum Gasteiger partial charge on any atom is -0.326 e. The average molecular weight is 261 g/mol. The Balaban J connectivity index is 1.97. The Kier molecular flexibility index (Phi) is 4.52. The molecule has 3 N–H and O–H groups in total. The van der Waals surface area contributed by atoms with Gasteiger partial charge in [0.2, 0.25) is 11.8 Å². The molecule has 0 aromatic heterocycles. The lowest BCUT2D eigenvalue weighted by molar-refractivity contribution is -0.118. The highest BCUT2D eigenvalue weighted by molar-refractivity contribution is 5.96. The molecule has 1 aromatic carbocycles. The average Bonchev–Trinajstić information content (AvgIpc) is 2.39. The predicted molar refractivity (Wildman–Crippen MR) is 75.0 cm³/mol. The summed E-state index contributed by atoms with van der Waals surface area (Å²) in [5.41, 5.74) is 1.38. The molecule has 0 aliphatic carbocycles. The Bertz CT molecular complexity index is 468. The Morgan fingerprint density at radius 2 is 1.95 bits per heavy atom. The Hall–Kier alpha value is -1.88. The van der Waals surface area contributed by atoms with Crippen molar-refractivity contribution in [1.29, 1.82) is 0 Å². The van der Waals surface area contributed by atoms with Gasteiger partial charge in [-0.2, -0.15) is 0 Å². The number of hydrogen-bond donors (Lipinski definition) is 3. The van der Waals surface area contributed by atoms with Gasteiger partial charge in [-0.1, -0.05) is 12.5 Å². The van der Waals surface area contributed by atoms with Crippen molar-refractivity contribution >= 4 is 23.2 Å². The van der Waals surface area contributed by atoms with E-state index < -0.39 is 0 Å². The molecule has 5 nitrogen and oxygen atoms in total. The van der Waals surface area contributed by atoms with Crippen LogP contribution < -0.4 is 16.0 Å². The number of carbonyl (C=O) groups is 2. The van der Waals surface area contributed by atoms with Crippen molar-refractivity contribution in [2.75, 3.05) is 17.2 Å². The van der Waals surface area contributed by atoms with Crippen LogP contribution in [0.4, 0.5) is 11.4 Å². The van der Waals surface area contributed by atoms with Crippen molar-refractivity contribution in [2.45, 2.75) is 32.2 Å².